The molecule has 0 saturated heterocycles. The van der Waals surface area contributed by atoms with Gasteiger partial charge in [-0.1, -0.05) is 0 Å². The number of aromatic nitrogens is 4. The van der Waals surface area contributed by atoms with Gasteiger partial charge < -0.3 is 5.32 Å². The van der Waals surface area contributed by atoms with E-state index in [0.29, 0.717) is 17.1 Å². The number of hydrogen-bond donors (Lipinski definition) is 2. The number of anilines is 1. The minimum atomic E-state index is -0.291. The highest BCUT2D eigenvalue weighted by Gasteiger charge is 2.11. The highest BCUT2D eigenvalue weighted by Crippen LogP contribution is 2.09. The number of amides is 1. The quantitative estimate of drug-likeness (QED) is 0.774. The number of aryl methyl sites for hydroxylation is 1. The van der Waals surface area contributed by atoms with Crippen LogP contribution in [0.5, 0.6) is 0 Å². The van der Waals surface area contributed by atoms with Crippen LogP contribution in [0.3, 0.4) is 0 Å². The van der Waals surface area contributed by atoms with Gasteiger partial charge in [0.1, 0.15) is 5.82 Å². The van der Waals surface area contributed by atoms with Crippen molar-refractivity contribution in [2.45, 2.75) is 6.92 Å². The molecular weight excluding hydrogens is 230 g/mol. The zero-order valence-corrected chi connectivity index (χ0v) is 9.12. The van der Waals surface area contributed by atoms with Gasteiger partial charge in [-0.15, -0.1) is 0 Å². The lowest BCUT2D eigenvalue weighted by Crippen LogP contribution is -2.13. The molecule has 0 atom stereocenters. The fourth-order valence-corrected chi connectivity index (χ4v) is 1.32. The summed E-state index contributed by atoms with van der Waals surface area (Å²) in [6.07, 6.45) is 2.92. The van der Waals surface area contributed by atoms with E-state index in [1.54, 1.807) is 13.0 Å². The summed E-state index contributed by atoms with van der Waals surface area (Å²) < 4.78 is 0. The minimum absolute atomic E-state index is 0.0849. The van der Waals surface area contributed by atoms with Crippen molar-refractivity contribution in [2.24, 2.45) is 0 Å². The lowest BCUT2D eigenvalue weighted by molar-refractivity contribution is 0.102. The van der Waals surface area contributed by atoms with Crippen molar-refractivity contribution in [1.29, 1.82) is 0 Å². The van der Waals surface area contributed by atoms with Crippen molar-refractivity contribution in [3.8, 4) is 0 Å². The van der Waals surface area contributed by atoms with Crippen LogP contribution >= 0.6 is 11.6 Å². The van der Waals surface area contributed by atoms with Gasteiger partial charge >= 0.3 is 0 Å². The molecule has 0 aliphatic carbocycles. The largest absolute Gasteiger partial charge is 0.306 e. The molecule has 7 heteroatoms. The van der Waals surface area contributed by atoms with E-state index >= 15 is 0 Å². The first-order valence-electron chi connectivity index (χ1n) is 4.46. The third kappa shape index (κ3) is 2.17. The normalized spacial score (nSPS) is 10.1. The van der Waals surface area contributed by atoms with E-state index in [1.165, 1.54) is 12.4 Å². The first kappa shape index (κ1) is 10.6. The highest BCUT2D eigenvalue weighted by atomic mass is 35.5. The van der Waals surface area contributed by atoms with Gasteiger partial charge in [-0.3, -0.25) is 9.89 Å². The van der Waals surface area contributed by atoms with Gasteiger partial charge in [0.05, 0.1) is 11.8 Å². The average molecular weight is 238 g/mol. The van der Waals surface area contributed by atoms with Crippen LogP contribution in [-0.2, 0) is 0 Å². The topological polar surface area (TPSA) is 83.6 Å². The van der Waals surface area contributed by atoms with E-state index in [2.05, 4.69) is 25.5 Å². The molecule has 0 unspecified atom stereocenters. The van der Waals surface area contributed by atoms with Crippen LogP contribution in [0.4, 0.5) is 5.82 Å². The summed E-state index contributed by atoms with van der Waals surface area (Å²) in [7, 11) is 0. The van der Waals surface area contributed by atoms with Crippen molar-refractivity contribution in [3.05, 3.63) is 35.0 Å². The Morgan fingerprint density at radius 1 is 1.56 bits per heavy atom. The second-order valence-electron chi connectivity index (χ2n) is 3.07. The fraction of sp³-hybridized carbons (Fsp3) is 0.111. The molecule has 0 aliphatic heterocycles. The Labute approximate surface area is 96.1 Å². The number of aromatic amines is 1. The van der Waals surface area contributed by atoms with Crippen molar-refractivity contribution < 1.29 is 4.79 Å². The number of hydrogen-bond acceptors (Lipinski definition) is 4. The maximum absolute atomic E-state index is 11.7. The Bertz CT molecular complexity index is 524. The standard InChI is InChI=1S/C9H8ClN5O/c1-5-6(4-12-15-5)8(16)13-7-2-3-11-9(10)14-7/h2-4H,1H3,(H,12,15)(H,11,13,14,16). The first-order valence-corrected chi connectivity index (χ1v) is 4.84. The molecule has 2 N–H and O–H groups in total. The van der Waals surface area contributed by atoms with Gasteiger partial charge in [0, 0.05) is 11.9 Å². The van der Waals surface area contributed by atoms with Gasteiger partial charge in [-0.25, -0.2) is 9.97 Å². The average Bonchev–Trinajstić information content (AvgIpc) is 2.64. The number of H-pyrrole nitrogens is 1. The number of rotatable bonds is 2. The van der Waals surface area contributed by atoms with E-state index < -0.39 is 0 Å². The number of nitrogens with one attached hydrogen (secondary N) is 2. The predicted octanol–water partition coefficient (Wildman–Crippen LogP) is 1.41. The van der Waals surface area contributed by atoms with Gasteiger partial charge in [-0.2, -0.15) is 5.10 Å². The molecule has 0 bridgehead atoms. The van der Waals surface area contributed by atoms with E-state index in [9.17, 15) is 4.79 Å². The Morgan fingerprint density at radius 2 is 2.38 bits per heavy atom. The van der Waals surface area contributed by atoms with Crippen molar-refractivity contribution in [3.63, 3.8) is 0 Å². The maximum atomic E-state index is 11.7. The number of nitrogens with zero attached hydrogens (tertiary/aromatic N) is 3. The van der Waals surface area contributed by atoms with Gasteiger partial charge in [0.25, 0.3) is 5.91 Å². The van der Waals surface area contributed by atoms with E-state index in [4.69, 9.17) is 11.6 Å². The second kappa shape index (κ2) is 4.28. The lowest BCUT2D eigenvalue weighted by atomic mass is 10.2. The van der Waals surface area contributed by atoms with Crippen molar-refractivity contribution in [2.75, 3.05) is 5.32 Å². The molecule has 2 rings (SSSR count). The second-order valence-corrected chi connectivity index (χ2v) is 3.41. The Balaban J connectivity index is 2.17. The summed E-state index contributed by atoms with van der Waals surface area (Å²) in [5.41, 5.74) is 1.16. The van der Waals surface area contributed by atoms with Gasteiger partial charge in [0.2, 0.25) is 5.28 Å². The van der Waals surface area contributed by atoms with Crippen LogP contribution in [0, 0.1) is 6.92 Å². The summed E-state index contributed by atoms with van der Waals surface area (Å²) in [4.78, 5) is 19.3. The zero-order chi connectivity index (χ0) is 11.5. The molecule has 0 saturated carbocycles. The van der Waals surface area contributed by atoms with Crippen LogP contribution < -0.4 is 5.32 Å². The molecule has 0 spiro atoms. The molecule has 0 aromatic carbocycles. The Kier molecular flexibility index (Phi) is 2.82. The van der Waals surface area contributed by atoms with Crippen LogP contribution in [0.25, 0.3) is 0 Å². The van der Waals surface area contributed by atoms with Crippen LogP contribution in [0.15, 0.2) is 18.5 Å². The number of carbonyl (C=O) groups is 1. The van der Waals surface area contributed by atoms with Crippen molar-refractivity contribution >= 4 is 23.3 Å². The summed E-state index contributed by atoms with van der Waals surface area (Å²) in [6.45, 7) is 1.76. The van der Waals surface area contributed by atoms with Crippen LogP contribution in [0.1, 0.15) is 16.1 Å². The van der Waals surface area contributed by atoms with Crippen LogP contribution in [0.2, 0.25) is 5.28 Å². The smallest absolute Gasteiger partial charge is 0.260 e. The molecule has 6 nitrogen and oxygen atoms in total. The molecular formula is C9H8ClN5O. The lowest BCUT2D eigenvalue weighted by Gasteiger charge is -2.02. The summed E-state index contributed by atoms with van der Waals surface area (Å²) >= 11 is 5.59. The molecule has 0 radical (unpaired) electrons. The Hall–Kier alpha value is -1.95. The molecule has 2 aromatic rings. The summed E-state index contributed by atoms with van der Waals surface area (Å²) in [5.74, 6) is 0.0617. The predicted molar refractivity (Wildman–Crippen MR) is 58.3 cm³/mol. The SMILES string of the molecule is Cc1[nH]ncc1C(=O)Nc1ccnc(Cl)n1. The van der Waals surface area contributed by atoms with Crippen LogP contribution in [-0.4, -0.2) is 26.1 Å². The number of carbonyl (C=O) groups excluding carboxylic acids is 1. The molecule has 1 amide bonds. The fourth-order valence-electron chi connectivity index (χ4n) is 1.17. The van der Waals surface area contributed by atoms with Gasteiger partial charge in [0.15, 0.2) is 0 Å². The molecule has 2 aromatic heterocycles. The molecule has 0 fully saturated rings. The van der Waals surface area contributed by atoms with E-state index in [0.717, 1.165) is 0 Å². The monoisotopic (exact) mass is 237 g/mol. The van der Waals surface area contributed by atoms with E-state index in [1.807, 2.05) is 0 Å². The van der Waals surface area contributed by atoms with Crippen molar-refractivity contribution in [1.82, 2.24) is 20.2 Å². The molecule has 2 heterocycles. The van der Waals surface area contributed by atoms with E-state index in [-0.39, 0.29) is 11.2 Å². The third-order valence-electron chi connectivity index (χ3n) is 1.94. The minimum Gasteiger partial charge on any atom is -0.306 e. The maximum Gasteiger partial charge on any atom is 0.260 e. The molecule has 0 aliphatic rings. The van der Waals surface area contributed by atoms with Gasteiger partial charge in [-0.05, 0) is 24.6 Å². The zero-order valence-electron chi connectivity index (χ0n) is 8.36. The third-order valence-corrected chi connectivity index (χ3v) is 2.12. The summed E-state index contributed by atoms with van der Waals surface area (Å²) in [6, 6.07) is 1.55. The number of halogens is 1. The molecule has 16 heavy (non-hydrogen) atoms. The highest BCUT2D eigenvalue weighted by molar-refractivity contribution is 6.28. The Morgan fingerprint density at radius 3 is 3.00 bits per heavy atom. The first-order chi connectivity index (χ1) is 7.66. The molecule has 82 valence electrons. The summed E-state index contributed by atoms with van der Waals surface area (Å²) in [5, 5.41) is 9.11.